The molecule has 1 aliphatic heterocycles. The van der Waals surface area contributed by atoms with Gasteiger partial charge in [0.2, 0.25) is 5.88 Å². The van der Waals surface area contributed by atoms with Crippen LogP contribution in [0.4, 0.5) is 4.79 Å². The Balaban J connectivity index is 1.52. The van der Waals surface area contributed by atoms with Gasteiger partial charge < -0.3 is 23.8 Å². The van der Waals surface area contributed by atoms with Gasteiger partial charge in [-0.2, -0.15) is 0 Å². The summed E-state index contributed by atoms with van der Waals surface area (Å²) in [7, 11) is 1.62. The van der Waals surface area contributed by atoms with Crippen molar-refractivity contribution in [3.8, 4) is 11.8 Å². The lowest BCUT2D eigenvalue weighted by atomic mass is 10.0. The van der Waals surface area contributed by atoms with Crippen LogP contribution in [0.3, 0.4) is 0 Å². The monoisotopic (exact) mass is 355 g/mol. The number of carbonyl (C=O) groups excluding carboxylic acids is 1. The Bertz CT molecular complexity index is 915. The zero-order chi connectivity index (χ0) is 17.9. The van der Waals surface area contributed by atoms with Crippen molar-refractivity contribution in [1.29, 1.82) is 0 Å². The molecule has 0 saturated heterocycles. The number of hydrogen-bond donors (Lipinski definition) is 1. The van der Waals surface area contributed by atoms with Crippen molar-refractivity contribution in [3.63, 3.8) is 0 Å². The summed E-state index contributed by atoms with van der Waals surface area (Å²) >= 11 is 0. The van der Waals surface area contributed by atoms with Crippen LogP contribution in [0.1, 0.15) is 24.1 Å². The van der Waals surface area contributed by atoms with E-state index in [0.29, 0.717) is 18.8 Å². The number of nitrogens with zero attached hydrogens (tertiary/aromatic N) is 2. The van der Waals surface area contributed by atoms with E-state index in [0.717, 1.165) is 24.0 Å². The highest BCUT2D eigenvalue weighted by atomic mass is 16.6. The first-order valence-electron chi connectivity index (χ1n) is 8.80. The van der Waals surface area contributed by atoms with Crippen LogP contribution >= 0.6 is 0 Å². The van der Waals surface area contributed by atoms with E-state index in [2.05, 4.69) is 20.9 Å². The summed E-state index contributed by atoms with van der Waals surface area (Å²) in [5.74, 6) is 0.785. The van der Waals surface area contributed by atoms with Gasteiger partial charge in [-0.25, -0.2) is 9.78 Å². The predicted octanol–water partition coefficient (Wildman–Crippen LogP) is 3.31. The summed E-state index contributed by atoms with van der Waals surface area (Å²) in [6.45, 7) is 1.47. The number of aryl methyl sites for hydroxylation is 1. The van der Waals surface area contributed by atoms with Gasteiger partial charge in [-0.15, -0.1) is 0 Å². The fourth-order valence-electron chi connectivity index (χ4n) is 3.54. The highest BCUT2D eigenvalue weighted by Crippen LogP contribution is 2.31. The summed E-state index contributed by atoms with van der Waals surface area (Å²) < 4.78 is 17.7. The molecule has 1 amide bonds. The summed E-state index contributed by atoms with van der Waals surface area (Å²) in [5, 5.41) is 2.77. The molecule has 0 bridgehead atoms. The first-order valence-corrected chi connectivity index (χ1v) is 8.80. The van der Waals surface area contributed by atoms with Crippen molar-refractivity contribution in [3.05, 3.63) is 41.8 Å². The molecule has 0 atom stereocenters. The number of aromatic nitrogens is 2. The third-order valence-corrected chi connectivity index (χ3v) is 4.69. The minimum absolute atomic E-state index is 0.181. The van der Waals surface area contributed by atoms with E-state index in [4.69, 9.17) is 13.9 Å². The Morgan fingerprint density at radius 2 is 2.27 bits per heavy atom. The molecule has 4 rings (SSSR count). The van der Waals surface area contributed by atoms with E-state index in [9.17, 15) is 4.79 Å². The minimum Gasteiger partial charge on any atom is -0.481 e. The van der Waals surface area contributed by atoms with Crippen molar-refractivity contribution < 1.29 is 18.7 Å². The Kier molecular flexibility index (Phi) is 4.51. The first kappa shape index (κ1) is 16.5. The molecule has 7 heteroatoms. The van der Waals surface area contributed by atoms with Crippen LogP contribution in [0, 0.1) is 0 Å². The number of furan rings is 1. The number of methoxy groups -OCH3 is 1. The third kappa shape index (κ3) is 3.12. The Labute approximate surface area is 150 Å². The second kappa shape index (κ2) is 7.11. The van der Waals surface area contributed by atoms with Crippen LogP contribution < -0.4 is 14.8 Å². The van der Waals surface area contributed by atoms with E-state index >= 15 is 0 Å². The second-order valence-corrected chi connectivity index (χ2v) is 6.25. The number of hydrogen-bond acceptors (Lipinski definition) is 5. The molecule has 1 aliphatic rings. The van der Waals surface area contributed by atoms with Gasteiger partial charge in [0, 0.05) is 36.5 Å². The van der Waals surface area contributed by atoms with Crippen molar-refractivity contribution in [2.24, 2.45) is 0 Å². The minimum atomic E-state index is -0.525. The maximum atomic E-state index is 11.9. The van der Waals surface area contributed by atoms with Gasteiger partial charge in [-0.3, -0.25) is 0 Å². The molecule has 0 radical (unpaired) electrons. The molecule has 7 nitrogen and oxygen atoms in total. The second-order valence-electron chi connectivity index (χ2n) is 6.25. The van der Waals surface area contributed by atoms with Gasteiger partial charge in [-0.05, 0) is 37.8 Å². The number of carbonyl (C=O) groups is 1. The average molecular weight is 355 g/mol. The summed E-state index contributed by atoms with van der Waals surface area (Å²) in [5.41, 5.74) is 4.58. The Morgan fingerprint density at radius 3 is 3.08 bits per heavy atom. The smallest absolute Gasteiger partial charge is 0.415 e. The van der Waals surface area contributed by atoms with Crippen LogP contribution in [0.25, 0.3) is 11.0 Å². The van der Waals surface area contributed by atoms with Crippen molar-refractivity contribution >= 4 is 17.1 Å². The summed E-state index contributed by atoms with van der Waals surface area (Å²) in [6, 6.07) is 7.22. The van der Waals surface area contributed by atoms with E-state index < -0.39 is 6.09 Å². The molecule has 1 N–H and O–H groups in total. The van der Waals surface area contributed by atoms with Gasteiger partial charge >= 0.3 is 6.09 Å². The molecular formula is C19H21N3O4. The Morgan fingerprint density at radius 1 is 1.35 bits per heavy atom. The fraction of sp³-hybridized carbons (Fsp3) is 0.368. The molecule has 0 aromatic carbocycles. The molecule has 26 heavy (non-hydrogen) atoms. The largest absolute Gasteiger partial charge is 0.481 e. The molecule has 136 valence electrons. The molecule has 3 aromatic rings. The molecular weight excluding hydrogens is 334 g/mol. The summed E-state index contributed by atoms with van der Waals surface area (Å²) in [4.78, 5) is 16.5. The van der Waals surface area contributed by atoms with Gasteiger partial charge in [0.25, 0.3) is 5.95 Å². The van der Waals surface area contributed by atoms with E-state index in [-0.39, 0.29) is 5.95 Å². The lowest BCUT2D eigenvalue weighted by molar-refractivity contribution is 0.187. The van der Waals surface area contributed by atoms with E-state index in [1.54, 1.807) is 19.2 Å². The van der Waals surface area contributed by atoms with Crippen molar-refractivity contribution in [1.82, 2.24) is 14.9 Å². The normalized spacial score (nSPS) is 13.4. The lowest BCUT2D eigenvalue weighted by Crippen LogP contribution is -2.28. The highest BCUT2D eigenvalue weighted by molar-refractivity contribution is 5.82. The van der Waals surface area contributed by atoms with Crippen LogP contribution in [0.2, 0.25) is 0 Å². The van der Waals surface area contributed by atoms with Gasteiger partial charge in [0.1, 0.15) is 0 Å². The van der Waals surface area contributed by atoms with Crippen LogP contribution in [0.15, 0.2) is 34.9 Å². The zero-order valence-electron chi connectivity index (χ0n) is 14.7. The van der Waals surface area contributed by atoms with Crippen LogP contribution in [-0.4, -0.2) is 29.3 Å². The topological polar surface area (TPSA) is 78.5 Å². The maximum Gasteiger partial charge on any atom is 0.415 e. The molecule has 0 fully saturated rings. The number of rotatable bonds is 5. The summed E-state index contributed by atoms with van der Waals surface area (Å²) in [6.07, 6.45) is 5.01. The number of ether oxygens (including phenoxy) is 2. The Hall–Kier alpha value is -2.96. The standard InChI is InChI=1S/C19H21N3O4/c1-24-16-8-7-15-18(21-16)13(14-5-2-3-11-22(14)15)9-10-20-19(23)26-17-6-4-12-25-17/h4,6-8,12H,2-3,5,9-11H2,1H3,(H,20,23). The zero-order valence-corrected chi connectivity index (χ0v) is 14.7. The molecule has 4 heterocycles. The molecule has 0 saturated carbocycles. The molecule has 0 spiro atoms. The van der Waals surface area contributed by atoms with E-state index in [1.807, 2.05) is 6.07 Å². The molecule has 3 aromatic heterocycles. The van der Waals surface area contributed by atoms with Crippen molar-refractivity contribution in [2.45, 2.75) is 32.2 Å². The number of pyridine rings is 1. The van der Waals surface area contributed by atoms with Gasteiger partial charge in [0.15, 0.2) is 0 Å². The SMILES string of the molecule is COc1ccc2c(n1)c(CCNC(=O)Oc1ccco1)c1n2CCCC1. The van der Waals surface area contributed by atoms with Crippen molar-refractivity contribution in [2.75, 3.05) is 13.7 Å². The quantitative estimate of drug-likeness (QED) is 0.760. The predicted molar refractivity (Wildman–Crippen MR) is 95.7 cm³/mol. The average Bonchev–Trinajstić information content (AvgIpc) is 3.28. The fourth-order valence-corrected chi connectivity index (χ4v) is 3.54. The first-order chi connectivity index (χ1) is 12.8. The lowest BCUT2D eigenvalue weighted by Gasteiger charge is -2.17. The number of amides is 1. The third-order valence-electron chi connectivity index (χ3n) is 4.69. The van der Waals surface area contributed by atoms with Crippen LogP contribution in [0.5, 0.6) is 11.8 Å². The number of fused-ring (bicyclic) bond motifs is 3. The highest BCUT2D eigenvalue weighted by Gasteiger charge is 2.21. The van der Waals surface area contributed by atoms with Gasteiger partial charge in [-0.1, -0.05) is 0 Å². The number of nitrogens with one attached hydrogen (secondary N) is 1. The van der Waals surface area contributed by atoms with Crippen LogP contribution in [-0.2, 0) is 19.4 Å². The maximum absolute atomic E-state index is 11.9. The van der Waals surface area contributed by atoms with E-state index in [1.165, 1.54) is 30.4 Å². The molecule has 0 unspecified atom stereocenters. The molecule has 0 aliphatic carbocycles. The van der Waals surface area contributed by atoms with Gasteiger partial charge in [0.05, 0.1) is 24.4 Å².